The molecule has 0 spiro atoms. The maximum atomic E-state index is 11.2. The van der Waals surface area contributed by atoms with Gasteiger partial charge in [-0.2, -0.15) is 0 Å². The summed E-state index contributed by atoms with van der Waals surface area (Å²) in [7, 11) is 0. The monoisotopic (exact) mass is 335 g/mol. The third-order valence-electron chi connectivity index (χ3n) is 3.31. The van der Waals surface area contributed by atoms with Crippen LogP contribution in [0.3, 0.4) is 0 Å². The zero-order valence-electron chi connectivity index (χ0n) is 12.7. The first kappa shape index (κ1) is 17.2. The molecule has 23 heavy (non-hydrogen) atoms. The Labute approximate surface area is 139 Å². The summed E-state index contributed by atoms with van der Waals surface area (Å²) >= 11 is 5.44. The number of esters is 1. The lowest BCUT2D eigenvalue weighted by atomic mass is 10.1. The summed E-state index contributed by atoms with van der Waals surface area (Å²) in [6.45, 7) is 1.98. The number of aromatic nitrogens is 2. The Kier molecular flexibility index (Phi) is 5.90. The van der Waals surface area contributed by atoms with Gasteiger partial charge in [-0.1, -0.05) is 24.3 Å². The molecule has 0 fully saturated rings. The number of nitrogens with zero attached hydrogens (tertiary/aromatic N) is 2. The molecule has 6 nitrogen and oxygen atoms in total. The van der Waals surface area contributed by atoms with Crippen LogP contribution >= 0.6 is 11.6 Å². The Morgan fingerprint density at radius 2 is 2.00 bits per heavy atom. The van der Waals surface area contributed by atoms with E-state index in [4.69, 9.17) is 22.1 Å². The number of hydrogen-bond acceptors (Lipinski definition) is 6. The number of anilines is 1. The Bertz CT molecular complexity index is 669. The number of aliphatic hydroxyl groups is 1. The first-order chi connectivity index (χ1) is 11.0. The number of nitrogen functional groups attached to an aromatic ring is 1. The van der Waals surface area contributed by atoms with Crippen LogP contribution in [0, 0.1) is 0 Å². The number of rotatable bonds is 2. The lowest BCUT2D eigenvalue weighted by molar-refractivity contribution is 0.0526. The molecule has 0 atom stereocenters. The van der Waals surface area contributed by atoms with E-state index in [0.29, 0.717) is 0 Å². The number of carbonyl (C=O) groups excluding carboxylic acids is 1. The normalized spacial score (nSPS) is 13.0. The molecule has 1 aliphatic carbocycles. The summed E-state index contributed by atoms with van der Waals surface area (Å²) in [5, 5.41) is 9.26. The summed E-state index contributed by atoms with van der Waals surface area (Å²) in [6.07, 6.45) is 2.80. The number of aliphatic hydroxyl groups excluding tert-OH is 1. The molecular weight excluding hydrogens is 318 g/mol. The number of benzene rings is 1. The SMILES string of the molecule is CCOC(=O)c1cnc(Cl)nc1N.OC1Cc2ccccc2C1. The zero-order chi connectivity index (χ0) is 16.8. The predicted octanol–water partition coefficient (Wildman–Crippen LogP) is 2.04. The van der Waals surface area contributed by atoms with Crippen molar-refractivity contribution in [3.05, 3.63) is 52.4 Å². The van der Waals surface area contributed by atoms with Crippen LogP contribution in [0.1, 0.15) is 28.4 Å². The van der Waals surface area contributed by atoms with Crippen molar-refractivity contribution in [3.63, 3.8) is 0 Å². The summed E-state index contributed by atoms with van der Waals surface area (Å²) in [4.78, 5) is 18.4. The van der Waals surface area contributed by atoms with E-state index < -0.39 is 5.97 Å². The largest absolute Gasteiger partial charge is 0.462 e. The number of carbonyl (C=O) groups is 1. The fraction of sp³-hybridized carbons (Fsp3) is 0.312. The maximum absolute atomic E-state index is 11.2. The molecular formula is C16H18ClN3O3. The number of fused-ring (bicyclic) bond motifs is 1. The number of hydrogen-bond donors (Lipinski definition) is 2. The molecule has 0 radical (unpaired) electrons. The van der Waals surface area contributed by atoms with Gasteiger partial charge in [0.1, 0.15) is 11.4 Å². The number of halogens is 1. The van der Waals surface area contributed by atoms with Gasteiger partial charge in [-0.3, -0.25) is 0 Å². The first-order valence-corrected chi connectivity index (χ1v) is 7.59. The Morgan fingerprint density at radius 3 is 2.52 bits per heavy atom. The number of ether oxygens (including phenoxy) is 1. The molecule has 0 aliphatic heterocycles. The molecule has 3 N–H and O–H groups in total. The molecule has 122 valence electrons. The highest BCUT2D eigenvalue weighted by molar-refractivity contribution is 6.28. The molecule has 0 bridgehead atoms. The van der Waals surface area contributed by atoms with E-state index in [1.165, 1.54) is 17.3 Å². The van der Waals surface area contributed by atoms with Crippen molar-refractivity contribution in [2.75, 3.05) is 12.3 Å². The molecule has 7 heteroatoms. The maximum Gasteiger partial charge on any atom is 0.343 e. The van der Waals surface area contributed by atoms with Crippen molar-refractivity contribution in [2.45, 2.75) is 25.9 Å². The second kappa shape index (κ2) is 7.89. The van der Waals surface area contributed by atoms with Gasteiger partial charge < -0.3 is 15.6 Å². The molecule has 1 heterocycles. The van der Waals surface area contributed by atoms with E-state index in [1.807, 2.05) is 12.1 Å². The van der Waals surface area contributed by atoms with Crippen LogP contribution in [-0.2, 0) is 17.6 Å². The lowest BCUT2D eigenvalue weighted by Gasteiger charge is -2.02. The van der Waals surface area contributed by atoms with Gasteiger partial charge in [0.25, 0.3) is 0 Å². The molecule has 2 aromatic rings. The van der Waals surface area contributed by atoms with Crippen molar-refractivity contribution in [1.82, 2.24) is 9.97 Å². The molecule has 0 saturated heterocycles. The van der Waals surface area contributed by atoms with Crippen LogP contribution in [0.15, 0.2) is 30.5 Å². The van der Waals surface area contributed by atoms with E-state index in [2.05, 4.69) is 22.1 Å². The average molecular weight is 336 g/mol. The van der Waals surface area contributed by atoms with Gasteiger partial charge >= 0.3 is 5.97 Å². The first-order valence-electron chi connectivity index (χ1n) is 7.21. The quantitative estimate of drug-likeness (QED) is 0.643. The molecule has 0 saturated carbocycles. The topological polar surface area (TPSA) is 98.3 Å². The Morgan fingerprint density at radius 1 is 1.39 bits per heavy atom. The zero-order valence-corrected chi connectivity index (χ0v) is 13.5. The number of nitrogens with two attached hydrogens (primary N) is 1. The van der Waals surface area contributed by atoms with Crippen LogP contribution in [0.25, 0.3) is 0 Å². The van der Waals surface area contributed by atoms with Crippen molar-refractivity contribution in [1.29, 1.82) is 0 Å². The fourth-order valence-electron chi connectivity index (χ4n) is 2.27. The molecule has 0 amide bonds. The van der Waals surface area contributed by atoms with Gasteiger partial charge in [-0.25, -0.2) is 14.8 Å². The molecule has 3 rings (SSSR count). The molecule has 1 aromatic heterocycles. The van der Waals surface area contributed by atoms with Gasteiger partial charge in [0.05, 0.1) is 12.7 Å². The van der Waals surface area contributed by atoms with E-state index in [9.17, 15) is 9.90 Å². The average Bonchev–Trinajstić information content (AvgIpc) is 2.88. The van der Waals surface area contributed by atoms with Gasteiger partial charge in [-0.05, 0) is 42.5 Å². The van der Waals surface area contributed by atoms with Crippen molar-refractivity contribution >= 4 is 23.4 Å². The summed E-state index contributed by atoms with van der Waals surface area (Å²) in [6, 6.07) is 8.23. The van der Waals surface area contributed by atoms with E-state index in [1.54, 1.807) is 6.92 Å². The smallest absolute Gasteiger partial charge is 0.343 e. The third-order valence-corrected chi connectivity index (χ3v) is 3.50. The highest BCUT2D eigenvalue weighted by Crippen LogP contribution is 2.20. The van der Waals surface area contributed by atoms with Crippen LogP contribution in [0.4, 0.5) is 5.82 Å². The molecule has 1 aromatic carbocycles. The highest BCUT2D eigenvalue weighted by atomic mass is 35.5. The van der Waals surface area contributed by atoms with Crippen LogP contribution < -0.4 is 5.73 Å². The standard InChI is InChI=1S/C9H10O.C7H8ClN3O2/c10-9-5-7-3-1-2-4-8(7)6-9;1-2-13-6(12)4-3-10-7(8)11-5(4)9/h1-4,9-10H,5-6H2;3H,2H2,1H3,(H2,9,10,11). The lowest BCUT2D eigenvalue weighted by Crippen LogP contribution is -2.10. The van der Waals surface area contributed by atoms with Gasteiger partial charge in [0.15, 0.2) is 0 Å². The van der Waals surface area contributed by atoms with Crippen molar-refractivity contribution in [2.24, 2.45) is 0 Å². The van der Waals surface area contributed by atoms with Gasteiger partial charge in [0, 0.05) is 6.20 Å². The van der Waals surface area contributed by atoms with Crippen molar-refractivity contribution in [3.8, 4) is 0 Å². The fourth-order valence-corrected chi connectivity index (χ4v) is 2.41. The minimum absolute atomic E-state index is 0.00514. The summed E-state index contributed by atoms with van der Waals surface area (Å²) < 4.78 is 4.71. The van der Waals surface area contributed by atoms with Gasteiger partial charge in [-0.15, -0.1) is 0 Å². The van der Waals surface area contributed by atoms with Crippen LogP contribution in [0.2, 0.25) is 5.28 Å². The van der Waals surface area contributed by atoms with Gasteiger partial charge in [0.2, 0.25) is 5.28 Å². The summed E-state index contributed by atoms with van der Waals surface area (Å²) in [5.74, 6) is -0.518. The van der Waals surface area contributed by atoms with E-state index >= 15 is 0 Å². The van der Waals surface area contributed by atoms with Crippen molar-refractivity contribution < 1.29 is 14.6 Å². The molecule has 1 aliphatic rings. The second-order valence-electron chi connectivity index (χ2n) is 4.99. The van der Waals surface area contributed by atoms with E-state index in [0.717, 1.165) is 12.8 Å². The van der Waals surface area contributed by atoms with E-state index in [-0.39, 0.29) is 29.4 Å². The Hall–Kier alpha value is -2.18. The molecule has 0 unspecified atom stereocenters. The minimum Gasteiger partial charge on any atom is -0.462 e. The second-order valence-corrected chi connectivity index (χ2v) is 5.33. The van der Waals surface area contributed by atoms with Crippen LogP contribution in [-0.4, -0.2) is 33.8 Å². The predicted molar refractivity (Wildman–Crippen MR) is 87.3 cm³/mol. The Balaban J connectivity index is 0.000000172. The van der Waals surface area contributed by atoms with Crippen LogP contribution in [0.5, 0.6) is 0 Å². The highest BCUT2D eigenvalue weighted by Gasteiger charge is 2.17. The third kappa shape index (κ3) is 4.64. The summed E-state index contributed by atoms with van der Waals surface area (Å²) in [5.41, 5.74) is 8.18. The minimum atomic E-state index is -0.545.